The van der Waals surface area contributed by atoms with E-state index in [1.54, 1.807) is 6.20 Å². The molecule has 0 radical (unpaired) electrons. The number of carboxylic acids is 1. The van der Waals surface area contributed by atoms with Crippen molar-refractivity contribution in [2.45, 2.75) is 12.5 Å². The molecule has 2 heterocycles. The molecule has 0 aromatic carbocycles. The zero-order valence-electron chi connectivity index (χ0n) is 10.2. The first-order chi connectivity index (χ1) is 9.29. The number of aliphatic carboxylic acids is 1. The summed E-state index contributed by atoms with van der Waals surface area (Å²) in [6, 6.07) is 0. The molecule has 0 aliphatic rings. The van der Waals surface area contributed by atoms with E-state index in [0.29, 0.717) is 4.47 Å². The molecule has 0 aliphatic heterocycles. The average Bonchev–Trinajstić information content (AvgIpc) is 2.78. The lowest BCUT2D eigenvalue weighted by molar-refractivity contribution is -0.155. The zero-order valence-corrected chi connectivity index (χ0v) is 11.8. The molecule has 9 nitrogen and oxygen atoms in total. The van der Waals surface area contributed by atoms with E-state index in [9.17, 15) is 14.7 Å². The normalized spacial score (nSPS) is 13.9. The standard InChI is InChI=1S/C10H10BrN5O4/c1-10(20,8(18)19)4-13-7(17)6-14-9-12-2-5(11)3-16(9)15-6/h2-3,20H,4H2,1H3,(H,13,17)(H,18,19). The molecule has 0 saturated heterocycles. The minimum atomic E-state index is -2.06. The fourth-order valence-electron chi connectivity index (χ4n) is 1.26. The van der Waals surface area contributed by atoms with E-state index >= 15 is 0 Å². The van der Waals surface area contributed by atoms with Crippen LogP contribution in [-0.4, -0.2) is 53.8 Å². The van der Waals surface area contributed by atoms with Gasteiger partial charge in [-0.25, -0.2) is 14.3 Å². The number of aliphatic hydroxyl groups is 1. The van der Waals surface area contributed by atoms with Gasteiger partial charge in [-0.2, -0.15) is 4.98 Å². The minimum absolute atomic E-state index is 0.170. The number of carbonyl (C=O) groups is 2. The smallest absolute Gasteiger partial charge is 0.337 e. The Balaban J connectivity index is 2.14. The van der Waals surface area contributed by atoms with Crippen molar-refractivity contribution in [2.24, 2.45) is 0 Å². The number of nitrogens with one attached hydrogen (secondary N) is 1. The molecule has 1 unspecified atom stereocenters. The van der Waals surface area contributed by atoms with Gasteiger partial charge in [-0.15, -0.1) is 5.10 Å². The molecule has 0 aliphatic carbocycles. The molecule has 20 heavy (non-hydrogen) atoms. The highest BCUT2D eigenvalue weighted by atomic mass is 79.9. The molecule has 2 rings (SSSR count). The number of halogens is 1. The summed E-state index contributed by atoms with van der Waals surface area (Å²) >= 11 is 3.20. The molecule has 2 aromatic heterocycles. The molecule has 0 saturated carbocycles. The van der Waals surface area contributed by atoms with Crippen LogP contribution in [0.15, 0.2) is 16.9 Å². The molecule has 1 amide bonds. The number of carbonyl (C=O) groups excluding carboxylic acids is 1. The Hall–Kier alpha value is -2.07. The van der Waals surface area contributed by atoms with Gasteiger partial charge >= 0.3 is 5.97 Å². The first kappa shape index (κ1) is 14.3. The maximum atomic E-state index is 11.8. The van der Waals surface area contributed by atoms with Crippen LogP contribution < -0.4 is 5.32 Å². The summed E-state index contributed by atoms with van der Waals surface area (Å²) < 4.78 is 1.96. The van der Waals surface area contributed by atoms with Gasteiger partial charge in [0.1, 0.15) is 0 Å². The molecule has 3 N–H and O–H groups in total. The lowest BCUT2D eigenvalue weighted by atomic mass is 10.1. The highest BCUT2D eigenvalue weighted by molar-refractivity contribution is 9.10. The van der Waals surface area contributed by atoms with E-state index in [4.69, 9.17) is 5.11 Å². The maximum absolute atomic E-state index is 11.8. The average molecular weight is 344 g/mol. The van der Waals surface area contributed by atoms with Crippen molar-refractivity contribution in [3.8, 4) is 0 Å². The SMILES string of the molecule is CC(O)(CNC(=O)c1nc2ncc(Br)cn2n1)C(=O)O. The predicted octanol–water partition coefficient (Wildman–Crippen LogP) is -0.548. The second kappa shape index (κ2) is 5.13. The van der Waals surface area contributed by atoms with Gasteiger partial charge in [0.05, 0.1) is 11.0 Å². The fraction of sp³-hybridized carbons (Fsp3) is 0.300. The first-order valence-corrected chi connectivity index (χ1v) is 6.21. The topological polar surface area (TPSA) is 130 Å². The quantitative estimate of drug-likeness (QED) is 0.679. The summed E-state index contributed by atoms with van der Waals surface area (Å²) in [5, 5.41) is 24.3. The van der Waals surface area contributed by atoms with Crippen LogP contribution in [0.2, 0.25) is 0 Å². The minimum Gasteiger partial charge on any atom is -0.479 e. The Morgan fingerprint density at radius 3 is 2.90 bits per heavy atom. The molecule has 1 atom stereocenters. The van der Waals surface area contributed by atoms with Crippen LogP contribution in [0, 0.1) is 0 Å². The summed E-state index contributed by atoms with van der Waals surface area (Å²) in [4.78, 5) is 30.3. The Bertz CT molecular complexity index is 683. The van der Waals surface area contributed by atoms with Crippen LogP contribution in [0.3, 0.4) is 0 Å². The highest BCUT2D eigenvalue weighted by Gasteiger charge is 2.30. The third-order valence-electron chi connectivity index (χ3n) is 2.42. The number of carboxylic acid groups (broad SMARTS) is 1. The molecule has 0 fully saturated rings. The van der Waals surface area contributed by atoms with Gasteiger partial charge in [-0.1, -0.05) is 0 Å². The number of fused-ring (bicyclic) bond motifs is 1. The van der Waals surface area contributed by atoms with Gasteiger partial charge in [0.2, 0.25) is 5.82 Å². The van der Waals surface area contributed by atoms with Crippen LogP contribution >= 0.6 is 15.9 Å². The summed E-state index contributed by atoms with van der Waals surface area (Å²) in [5.41, 5.74) is -2.06. The maximum Gasteiger partial charge on any atom is 0.337 e. The molecule has 0 spiro atoms. The lowest BCUT2D eigenvalue weighted by Gasteiger charge is -2.17. The van der Waals surface area contributed by atoms with Gasteiger partial charge in [0.25, 0.3) is 11.7 Å². The molecule has 0 bridgehead atoms. The lowest BCUT2D eigenvalue weighted by Crippen LogP contribution is -2.46. The Labute approximate surface area is 120 Å². The molecule has 2 aromatic rings. The number of nitrogens with zero attached hydrogens (tertiary/aromatic N) is 4. The van der Waals surface area contributed by atoms with Crippen molar-refractivity contribution in [1.82, 2.24) is 24.9 Å². The Morgan fingerprint density at radius 1 is 1.55 bits per heavy atom. The third-order valence-corrected chi connectivity index (χ3v) is 2.83. The molecular formula is C10H10BrN5O4. The van der Waals surface area contributed by atoms with E-state index in [0.717, 1.165) is 6.92 Å². The number of aromatic nitrogens is 4. The van der Waals surface area contributed by atoms with E-state index in [1.165, 1.54) is 10.7 Å². The monoisotopic (exact) mass is 343 g/mol. The van der Waals surface area contributed by atoms with Crippen molar-refractivity contribution >= 4 is 33.6 Å². The van der Waals surface area contributed by atoms with Crippen LogP contribution in [0.4, 0.5) is 0 Å². The van der Waals surface area contributed by atoms with Crippen molar-refractivity contribution in [3.63, 3.8) is 0 Å². The van der Waals surface area contributed by atoms with Crippen molar-refractivity contribution in [3.05, 3.63) is 22.7 Å². The van der Waals surface area contributed by atoms with Crippen LogP contribution in [0.25, 0.3) is 5.78 Å². The second-order valence-electron chi connectivity index (χ2n) is 4.21. The molecule has 106 valence electrons. The number of hydrogen-bond donors (Lipinski definition) is 3. The largest absolute Gasteiger partial charge is 0.479 e. The van der Waals surface area contributed by atoms with Crippen molar-refractivity contribution < 1.29 is 19.8 Å². The molecular weight excluding hydrogens is 334 g/mol. The van der Waals surface area contributed by atoms with E-state index in [1.807, 2.05) is 0 Å². The first-order valence-electron chi connectivity index (χ1n) is 5.41. The highest BCUT2D eigenvalue weighted by Crippen LogP contribution is 2.08. The van der Waals surface area contributed by atoms with Gasteiger partial charge < -0.3 is 15.5 Å². The van der Waals surface area contributed by atoms with Crippen molar-refractivity contribution in [2.75, 3.05) is 6.54 Å². The second-order valence-corrected chi connectivity index (χ2v) is 5.13. The van der Waals surface area contributed by atoms with Gasteiger partial charge in [0.15, 0.2) is 5.60 Å². The zero-order chi connectivity index (χ0) is 14.9. The van der Waals surface area contributed by atoms with Crippen LogP contribution in [0.1, 0.15) is 17.5 Å². The fourth-order valence-corrected chi connectivity index (χ4v) is 1.56. The predicted molar refractivity (Wildman–Crippen MR) is 69.1 cm³/mol. The van der Waals surface area contributed by atoms with Crippen LogP contribution in [0.5, 0.6) is 0 Å². The molecule has 10 heteroatoms. The summed E-state index contributed by atoms with van der Waals surface area (Å²) in [6.45, 7) is 0.610. The van der Waals surface area contributed by atoms with E-state index < -0.39 is 24.0 Å². The van der Waals surface area contributed by atoms with E-state index in [-0.39, 0.29) is 11.6 Å². The number of amides is 1. The Kier molecular flexibility index (Phi) is 3.68. The number of rotatable bonds is 4. The summed E-state index contributed by atoms with van der Waals surface area (Å²) in [5.74, 6) is -2.08. The summed E-state index contributed by atoms with van der Waals surface area (Å²) in [7, 11) is 0. The van der Waals surface area contributed by atoms with Gasteiger partial charge in [-0.05, 0) is 22.9 Å². The van der Waals surface area contributed by atoms with Gasteiger partial charge in [0, 0.05) is 12.4 Å². The van der Waals surface area contributed by atoms with E-state index in [2.05, 4.69) is 36.3 Å². The van der Waals surface area contributed by atoms with Crippen molar-refractivity contribution in [1.29, 1.82) is 0 Å². The third kappa shape index (κ3) is 2.91. The Morgan fingerprint density at radius 2 is 2.25 bits per heavy atom. The summed E-state index contributed by atoms with van der Waals surface area (Å²) in [6.07, 6.45) is 3.07. The number of hydrogen-bond acceptors (Lipinski definition) is 6. The van der Waals surface area contributed by atoms with Gasteiger partial charge in [-0.3, -0.25) is 4.79 Å². The van der Waals surface area contributed by atoms with Crippen LogP contribution in [-0.2, 0) is 4.79 Å².